The lowest BCUT2D eigenvalue weighted by Gasteiger charge is -2.31. The Morgan fingerprint density at radius 3 is 2.50 bits per heavy atom. The number of benzene rings is 1. The minimum Gasteiger partial charge on any atom is -0.389 e. The zero-order chi connectivity index (χ0) is 13.9. The lowest BCUT2D eigenvalue weighted by molar-refractivity contribution is 0.0872. The second-order valence-corrected chi connectivity index (χ2v) is 5.96. The first-order chi connectivity index (χ1) is 8.24. The van der Waals surface area contributed by atoms with Gasteiger partial charge in [-0.2, -0.15) is 0 Å². The summed E-state index contributed by atoms with van der Waals surface area (Å²) in [6.07, 6.45) is 0. The molecule has 0 aliphatic rings. The lowest BCUT2D eigenvalue weighted by Crippen LogP contribution is -2.39. The number of halogens is 1. The van der Waals surface area contributed by atoms with E-state index >= 15 is 0 Å². The Morgan fingerprint density at radius 1 is 1.44 bits per heavy atom. The summed E-state index contributed by atoms with van der Waals surface area (Å²) < 4.78 is 0.927. The van der Waals surface area contributed by atoms with Crippen LogP contribution in [0, 0.1) is 0 Å². The molecule has 0 bridgehead atoms. The van der Waals surface area contributed by atoms with E-state index in [9.17, 15) is 9.90 Å². The molecule has 0 radical (unpaired) electrons. The molecule has 0 fully saturated rings. The molecule has 0 aromatic heterocycles. The van der Waals surface area contributed by atoms with E-state index in [0.29, 0.717) is 12.1 Å². The van der Waals surface area contributed by atoms with Crippen LogP contribution in [-0.2, 0) is 0 Å². The number of ketones is 1. The Morgan fingerprint density at radius 2 is 2.06 bits per heavy atom. The molecule has 3 nitrogen and oxygen atoms in total. The first-order valence-electron chi connectivity index (χ1n) is 6.02. The molecule has 1 aromatic carbocycles. The normalized spacial score (nSPS) is 11.4. The molecule has 0 heterocycles. The van der Waals surface area contributed by atoms with Gasteiger partial charge in [0, 0.05) is 28.8 Å². The van der Waals surface area contributed by atoms with Crippen LogP contribution >= 0.6 is 15.9 Å². The third-order valence-corrected chi connectivity index (χ3v) is 3.13. The maximum Gasteiger partial charge on any atom is 0.161 e. The fourth-order valence-corrected chi connectivity index (χ4v) is 2.25. The van der Waals surface area contributed by atoms with Crippen LogP contribution in [0.1, 0.15) is 38.1 Å². The van der Waals surface area contributed by atoms with E-state index in [4.69, 9.17) is 0 Å². The van der Waals surface area contributed by atoms with Crippen LogP contribution in [0.4, 0.5) is 5.69 Å². The summed E-state index contributed by atoms with van der Waals surface area (Å²) in [7, 11) is 0. The number of hydrogen-bond acceptors (Lipinski definition) is 3. The highest BCUT2D eigenvalue weighted by atomic mass is 79.9. The highest BCUT2D eigenvalue weighted by molar-refractivity contribution is 9.10. The van der Waals surface area contributed by atoms with Crippen LogP contribution in [-0.4, -0.2) is 29.6 Å². The van der Waals surface area contributed by atoms with Gasteiger partial charge in [-0.05, 0) is 45.9 Å². The molecule has 18 heavy (non-hydrogen) atoms. The van der Waals surface area contributed by atoms with E-state index in [1.807, 2.05) is 30.0 Å². The van der Waals surface area contributed by atoms with Crippen molar-refractivity contribution in [1.29, 1.82) is 0 Å². The molecule has 0 amide bonds. The van der Waals surface area contributed by atoms with Gasteiger partial charge in [0.15, 0.2) is 5.78 Å². The van der Waals surface area contributed by atoms with Crippen LogP contribution < -0.4 is 4.90 Å². The molecule has 0 aliphatic heterocycles. The number of Topliss-reactive ketones (excluding diaryl/α,β-unsaturated/α-hetero) is 1. The standard InChI is InChI=1S/C14H20BrNO2/c1-5-16(9-14(3,4)18)13-8-11(15)6-7-12(13)10(2)17/h6-8,18H,5,9H2,1-4H3. The van der Waals surface area contributed by atoms with Crippen molar-refractivity contribution in [3.05, 3.63) is 28.2 Å². The van der Waals surface area contributed by atoms with Gasteiger partial charge in [-0.3, -0.25) is 4.79 Å². The highest BCUT2D eigenvalue weighted by Crippen LogP contribution is 2.26. The van der Waals surface area contributed by atoms with Crippen molar-refractivity contribution >= 4 is 27.4 Å². The van der Waals surface area contributed by atoms with E-state index in [1.165, 1.54) is 0 Å². The first-order valence-corrected chi connectivity index (χ1v) is 6.81. The number of aliphatic hydroxyl groups is 1. The van der Waals surface area contributed by atoms with E-state index < -0.39 is 5.60 Å². The van der Waals surface area contributed by atoms with Crippen molar-refractivity contribution in [3.8, 4) is 0 Å². The fourth-order valence-electron chi connectivity index (χ4n) is 1.90. The minimum absolute atomic E-state index is 0.0340. The van der Waals surface area contributed by atoms with E-state index in [1.54, 1.807) is 20.8 Å². The number of carbonyl (C=O) groups excluding carboxylic acids is 1. The Kier molecular flexibility index (Phi) is 4.93. The Balaban J connectivity index is 3.19. The molecular formula is C14H20BrNO2. The molecule has 0 atom stereocenters. The molecule has 1 N–H and O–H groups in total. The molecule has 0 aliphatic carbocycles. The predicted octanol–water partition coefficient (Wildman–Crippen LogP) is 3.25. The number of likely N-dealkylation sites (N-methyl/N-ethyl adjacent to an activating group) is 1. The zero-order valence-electron chi connectivity index (χ0n) is 11.3. The molecule has 0 saturated carbocycles. The van der Waals surface area contributed by atoms with Crippen LogP contribution in [0.2, 0.25) is 0 Å². The van der Waals surface area contributed by atoms with E-state index in [-0.39, 0.29) is 5.78 Å². The first kappa shape index (κ1) is 15.2. The van der Waals surface area contributed by atoms with Crippen LogP contribution in [0.3, 0.4) is 0 Å². The average Bonchev–Trinajstić information content (AvgIpc) is 2.24. The highest BCUT2D eigenvalue weighted by Gasteiger charge is 2.20. The van der Waals surface area contributed by atoms with Crippen LogP contribution in [0.15, 0.2) is 22.7 Å². The third-order valence-electron chi connectivity index (χ3n) is 2.64. The van der Waals surface area contributed by atoms with Crippen LogP contribution in [0.25, 0.3) is 0 Å². The predicted molar refractivity (Wildman–Crippen MR) is 78.3 cm³/mol. The summed E-state index contributed by atoms with van der Waals surface area (Å²) in [5.74, 6) is 0.0340. The summed E-state index contributed by atoms with van der Waals surface area (Å²) in [6, 6.07) is 5.60. The van der Waals surface area contributed by atoms with Gasteiger partial charge in [-0.25, -0.2) is 0 Å². The van der Waals surface area contributed by atoms with E-state index in [2.05, 4.69) is 15.9 Å². The number of rotatable bonds is 5. The molecule has 0 saturated heterocycles. The Hall–Kier alpha value is -0.870. The number of anilines is 1. The van der Waals surface area contributed by atoms with Crippen LogP contribution in [0.5, 0.6) is 0 Å². The van der Waals surface area contributed by atoms with Crippen molar-refractivity contribution in [1.82, 2.24) is 0 Å². The van der Waals surface area contributed by atoms with Gasteiger partial charge < -0.3 is 10.0 Å². The average molecular weight is 314 g/mol. The maximum absolute atomic E-state index is 11.7. The largest absolute Gasteiger partial charge is 0.389 e. The van der Waals surface area contributed by atoms with Gasteiger partial charge in [0.05, 0.1) is 5.60 Å². The van der Waals surface area contributed by atoms with E-state index in [0.717, 1.165) is 16.7 Å². The fraction of sp³-hybridized carbons (Fsp3) is 0.500. The molecular weight excluding hydrogens is 294 g/mol. The monoisotopic (exact) mass is 313 g/mol. The van der Waals surface area contributed by atoms with Crippen molar-refractivity contribution < 1.29 is 9.90 Å². The topological polar surface area (TPSA) is 40.5 Å². The molecule has 100 valence electrons. The van der Waals surface area contributed by atoms with Gasteiger partial charge >= 0.3 is 0 Å². The Bertz CT molecular complexity index is 438. The Labute approximate surface area is 117 Å². The minimum atomic E-state index is -0.799. The SMILES string of the molecule is CCN(CC(C)(C)O)c1cc(Br)ccc1C(C)=O. The smallest absolute Gasteiger partial charge is 0.161 e. The number of carbonyl (C=O) groups is 1. The summed E-state index contributed by atoms with van der Waals surface area (Å²) in [4.78, 5) is 13.7. The molecule has 4 heteroatoms. The van der Waals surface area contributed by atoms with Crippen molar-refractivity contribution in [2.45, 2.75) is 33.3 Å². The lowest BCUT2D eigenvalue weighted by atomic mass is 10.1. The number of hydrogen-bond donors (Lipinski definition) is 1. The van der Waals surface area contributed by atoms with Crippen molar-refractivity contribution in [2.75, 3.05) is 18.0 Å². The van der Waals surface area contributed by atoms with Crippen molar-refractivity contribution in [2.24, 2.45) is 0 Å². The summed E-state index contributed by atoms with van der Waals surface area (Å²) >= 11 is 3.42. The maximum atomic E-state index is 11.7. The molecule has 1 rings (SSSR count). The van der Waals surface area contributed by atoms with Gasteiger partial charge in [0.2, 0.25) is 0 Å². The van der Waals surface area contributed by atoms with Gasteiger partial charge in [0.25, 0.3) is 0 Å². The number of nitrogens with zero attached hydrogens (tertiary/aromatic N) is 1. The van der Waals surface area contributed by atoms with Gasteiger partial charge in [-0.1, -0.05) is 15.9 Å². The van der Waals surface area contributed by atoms with Crippen molar-refractivity contribution in [3.63, 3.8) is 0 Å². The molecule has 0 unspecified atom stereocenters. The summed E-state index contributed by atoms with van der Waals surface area (Å²) in [5, 5.41) is 9.94. The zero-order valence-corrected chi connectivity index (χ0v) is 12.9. The second-order valence-electron chi connectivity index (χ2n) is 5.04. The molecule has 1 aromatic rings. The third kappa shape index (κ3) is 4.10. The summed E-state index contributed by atoms with van der Waals surface area (Å²) in [5.41, 5.74) is 0.748. The van der Waals surface area contributed by atoms with Gasteiger partial charge in [0.1, 0.15) is 0 Å². The molecule has 0 spiro atoms. The van der Waals surface area contributed by atoms with Gasteiger partial charge in [-0.15, -0.1) is 0 Å². The quantitative estimate of drug-likeness (QED) is 0.848. The summed E-state index contributed by atoms with van der Waals surface area (Å²) in [6.45, 7) is 8.32. The second kappa shape index (κ2) is 5.85.